The molecule has 1 aromatic rings. The molecule has 2 saturated heterocycles. The van der Waals surface area contributed by atoms with Crippen LogP contribution in [-0.4, -0.2) is 70.1 Å². The maximum Gasteiger partial charge on any atom is 0.225 e. The van der Waals surface area contributed by atoms with Crippen LogP contribution in [0.2, 0.25) is 0 Å². The van der Waals surface area contributed by atoms with Crippen LogP contribution in [0.5, 0.6) is 0 Å². The number of piperazine rings is 1. The smallest absolute Gasteiger partial charge is 0.225 e. The number of nitrogen functional groups attached to an aromatic ring is 2. The van der Waals surface area contributed by atoms with Gasteiger partial charge in [0.05, 0.1) is 6.54 Å². The lowest BCUT2D eigenvalue weighted by Gasteiger charge is -2.43. The van der Waals surface area contributed by atoms with Gasteiger partial charge in [0, 0.05) is 45.3 Å². The lowest BCUT2D eigenvalue weighted by molar-refractivity contribution is 0.0684. The molecule has 0 radical (unpaired) electrons. The second-order valence-electron chi connectivity index (χ2n) is 5.09. The van der Waals surface area contributed by atoms with E-state index in [0.717, 1.165) is 45.3 Å². The molecule has 2 aliphatic heterocycles. The number of hydrogen-bond acceptors (Lipinski definition) is 8. The van der Waals surface area contributed by atoms with Crippen LogP contribution in [0, 0.1) is 0 Å². The van der Waals surface area contributed by atoms with Gasteiger partial charge in [-0.2, -0.15) is 15.0 Å². The van der Waals surface area contributed by atoms with E-state index < -0.39 is 0 Å². The van der Waals surface area contributed by atoms with Crippen LogP contribution in [0.1, 0.15) is 5.82 Å². The molecule has 0 atom stereocenters. The Morgan fingerprint density at radius 3 is 2.16 bits per heavy atom. The van der Waals surface area contributed by atoms with Gasteiger partial charge in [-0.25, -0.2) is 0 Å². The highest BCUT2D eigenvalue weighted by atomic mass is 15.3. The lowest BCUT2D eigenvalue weighted by atomic mass is 10.1. The van der Waals surface area contributed by atoms with Crippen molar-refractivity contribution in [3.63, 3.8) is 0 Å². The van der Waals surface area contributed by atoms with Gasteiger partial charge in [0.2, 0.25) is 11.9 Å². The molecule has 0 amide bonds. The van der Waals surface area contributed by atoms with Gasteiger partial charge in [-0.15, -0.1) is 0 Å². The summed E-state index contributed by atoms with van der Waals surface area (Å²) in [6.45, 7) is 7.20. The summed E-state index contributed by atoms with van der Waals surface area (Å²) in [5.74, 6) is 1.05. The number of nitrogens with one attached hydrogen (secondary N) is 1. The molecule has 5 N–H and O–H groups in total. The van der Waals surface area contributed by atoms with Crippen LogP contribution in [0.25, 0.3) is 0 Å². The monoisotopic (exact) mass is 264 g/mol. The SMILES string of the molecule is Nc1nc(N)nc(CN2CCN(C3CNC3)CC2)n1. The minimum atomic E-state index is 0.196. The van der Waals surface area contributed by atoms with Crippen molar-refractivity contribution in [2.75, 3.05) is 50.7 Å². The quantitative estimate of drug-likeness (QED) is 0.582. The predicted molar refractivity (Wildman–Crippen MR) is 72.2 cm³/mol. The van der Waals surface area contributed by atoms with E-state index in [0.29, 0.717) is 12.4 Å². The fourth-order valence-corrected chi connectivity index (χ4v) is 2.55. The summed E-state index contributed by atoms with van der Waals surface area (Å²) in [7, 11) is 0. The standard InChI is InChI=1S/C11H20N8/c12-10-15-9(16-11(13)17-10)7-18-1-3-19(4-2-18)8-5-14-6-8/h8,14H,1-7H2,(H4,12,13,15,16,17). The number of nitrogens with two attached hydrogens (primary N) is 2. The van der Waals surface area contributed by atoms with Crippen molar-refractivity contribution >= 4 is 11.9 Å². The summed E-state index contributed by atoms with van der Waals surface area (Å²) in [6, 6.07) is 0.727. The fraction of sp³-hybridized carbons (Fsp3) is 0.727. The first kappa shape index (κ1) is 12.5. The van der Waals surface area contributed by atoms with E-state index in [1.165, 1.54) is 0 Å². The zero-order chi connectivity index (χ0) is 13.2. The summed E-state index contributed by atoms with van der Waals surface area (Å²) in [5, 5.41) is 3.31. The third kappa shape index (κ3) is 2.91. The van der Waals surface area contributed by atoms with Crippen molar-refractivity contribution in [1.29, 1.82) is 0 Å². The molecule has 104 valence electrons. The number of hydrogen-bond donors (Lipinski definition) is 3. The largest absolute Gasteiger partial charge is 0.368 e. The summed E-state index contributed by atoms with van der Waals surface area (Å²) >= 11 is 0. The first-order valence-electron chi connectivity index (χ1n) is 6.64. The number of nitrogens with zero attached hydrogens (tertiary/aromatic N) is 5. The van der Waals surface area contributed by atoms with Crippen molar-refractivity contribution in [3.05, 3.63) is 5.82 Å². The maximum atomic E-state index is 5.58. The van der Waals surface area contributed by atoms with E-state index in [1.54, 1.807) is 0 Å². The van der Waals surface area contributed by atoms with Gasteiger partial charge in [-0.1, -0.05) is 0 Å². The highest BCUT2D eigenvalue weighted by molar-refractivity contribution is 5.25. The summed E-state index contributed by atoms with van der Waals surface area (Å²) in [6.07, 6.45) is 0. The van der Waals surface area contributed by atoms with Crippen molar-refractivity contribution in [2.24, 2.45) is 0 Å². The van der Waals surface area contributed by atoms with Gasteiger partial charge < -0.3 is 16.8 Å². The molecule has 2 aliphatic rings. The highest BCUT2D eigenvalue weighted by Gasteiger charge is 2.27. The van der Waals surface area contributed by atoms with Gasteiger partial charge in [-0.3, -0.25) is 9.80 Å². The van der Waals surface area contributed by atoms with E-state index >= 15 is 0 Å². The van der Waals surface area contributed by atoms with Gasteiger partial charge >= 0.3 is 0 Å². The second kappa shape index (κ2) is 5.24. The Hall–Kier alpha value is -1.51. The fourth-order valence-electron chi connectivity index (χ4n) is 2.55. The Morgan fingerprint density at radius 1 is 1.00 bits per heavy atom. The average molecular weight is 264 g/mol. The minimum absolute atomic E-state index is 0.196. The van der Waals surface area contributed by atoms with Crippen molar-refractivity contribution in [2.45, 2.75) is 12.6 Å². The van der Waals surface area contributed by atoms with Crippen LogP contribution in [0.4, 0.5) is 11.9 Å². The summed E-state index contributed by atoms with van der Waals surface area (Å²) in [4.78, 5) is 16.9. The molecule has 19 heavy (non-hydrogen) atoms. The van der Waals surface area contributed by atoms with Crippen molar-refractivity contribution in [3.8, 4) is 0 Å². The van der Waals surface area contributed by atoms with Crippen molar-refractivity contribution in [1.82, 2.24) is 30.1 Å². The number of rotatable bonds is 3. The Morgan fingerprint density at radius 2 is 1.63 bits per heavy atom. The van der Waals surface area contributed by atoms with Crippen molar-refractivity contribution < 1.29 is 0 Å². The maximum absolute atomic E-state index is 5.58. The van der Waals surface area contributed by atoms with Gasteiger partial charge in [0.15, 0.2) is 0 Å². The van der Waals surface area contributed by atoms with E-state index in [9.17, 15) is 0 Å². The molecule has 3 heterocycles. The Balaban J connectivity index is 1.53. The van der Waals surface area contributed by atoms with E-state index in [4.69, 9.17) is 11.5 Å². The van der Waals surface area contributed by atoms with Crippen LogP contribution in [-0.2, 0) is 6.54 Å². The molecule has 8 heteroatoms. The first-order valence-corrected chi connectivity index (χ1v) is 6.64. The molecule has 2 fully saturated rings. The number of anilines is 2. The third-order valence-corrected chi connectivity index (χ3v) is 3.76. The minimum Gasteiger partial charge on any atom is -0.368 e. The summed E-state index contributed by atoms with van der Waals surface area (Å²) in [5.41, 5.74) is 11.2. The average Bonchev–Trinajstić information content (AvgIpc) is 2.28. The molecule has 3 rings (SSSR count). The van der Waals surface area contributed by atoms with E-state index in [1.807, 2.05) is 0 Å². The molecular formula is C11H20N8. The topological polar surface area (TPSA) is 109 Å². The Bertz CT molecular complexity index is 418. The zero-order valence-corrected chi connectivity index (χ0v) is 10.9. The molecule has 0 spiro atoms. The molecule has 0 bridgehead atoms. The third-order valence-electron chi connectivity index (χ3n) is 3.76. The highest BCUT2D eigenvalue weighted by Crippen LogP contribution is 2.11. The van der Waals surface area contributed by atoms with Crippen LogP contribution in [0.3, 0.4) is 0 Å². The predicted octanol–water partition coefficient (Wildman–Crippen LogP) is -1.87. The van der Waals surface area contributed by atoms with Gasteiger partial charge in [-0.05, 0) is 0 Å². The van der Waals surface area contributed by atoms with Crippen LogP contribution < -0.4 is 16.8 Å². The first-order chi connectivity index (χ1) is 9.20. The van der Waals surface area contributed by atoms with E-state index in [-0.39, 0.29) is 11.9 Å². The molecule has 1 aromatic heterocycles. The zero-order valence-electron chi connectivity index (χ0n) is 10.9. The molecular weight excluding hydrogens is 244 g/mol. The summed E-state index contributed by atoms with van der Waals surface area (Å²) < 4.78 is 0. The molecule has 8 nitrogen and oxygen atoms in total. The normalized spacial score (nSPS) is 22.3. The molecule has 0 unspecified atom stereocenters. The second-order valence-corrected chi connectivity index (χ2v) is 5.09. The van der Waals surface area contributed by atoms with Crippen LogP contribution in [0.15, 0.2) is 0 Å². The number of aromatic nitrogens is 3. The van der Waals surface area contributed by atoms with Gasteiger partial charge in [0.25, 0.3) is 0 Å². The Kier molecular flexibility index (Phi) is 3.45. The lowest BCUT2D eigenvalue weighted by Crippen LogP contribution is -2.61. The molecule has 0 aliphatic carbocycles. The van der Waals surface area contributed by atoms with Gasteiger partial charge in [0.1, 0.15) is 5.82 Å². The van der Waals surface area contributed by atoms with E-state index in [2.05, 4.69) is 30.1 Å². The van der Waals surface area contributed by atoms with Crippen LogP contribution >= 0.6 is 0 Å². The molecule has 0 aromatic carbocycles. The molecule has 0 saturated carbocycles. The Labute approximate surface area is 112 Å².